The number of carboxylic acids is 1. The third kappa shape index (κ3) is 4.10. The number of fused-ring (bicyclic) bond motifs is 5. The van der Waals surface area contributed by atoms with Crippen LogP contribution in [0.4, 0.5) is 0 Å². The highest BCUT2D eigenvalue weighted by molar-refractivity contribution is 6.70. The number of ketones is 1. The largest absolute Gasteiger partial charge is 0.545 e. The van der Waals surface area contributed by atoms with E-state index >= 15 is 0 Å². The molecule has 0 saturated heterocycles. The molecule has 4 aliphatic rings. The maximum absolute atomic E-state index is 12.0. The summed E-state index contributed by atoms with van der Waals surface area (Å²) in [4.78, 5) is 23.5. The first-order valence-electron chi connectivity index (χ1n) is 12.2. The van der Waals surface area contributed by atoms with Gasteiger partial charge in [-0.15, -0.1) is 0 Å². The van der Waals surface area contributed by atoms with Crippen LogP contribution in [0.5, 0.6) is 0 Å². The Morgan fingerprint density at radius 1 is 1.30 bits per heavy atom. The van der Waals surface area contributed by atoms with Crippen molar-refractivity contribution in [3.63, 3.8) is 0 Å². The highest BCUT2D eigenvalue weighted by atomic mass is 28.4. The predicted octanol–water partition coefficient (Wildman–Crippen LogP) is 5.40. The van der Waals surface area contributed by atoms with Crippen molar-refractivity contribution in [3.8, 4) is 0 Å². The van der Waals surface area contributed by atoms with Gasteiger partial charge in [0.15, 0.2) is 5.78 Å². The number of aliphatic hydroxyl groups excluding tert-OH is 1. The lowest BCUT2D eigenvalue weighted by atomic mass is 9.53. The number of allylic oxidation sites excluding steroid dienone is 7. The van der Waals surface area contributed by atoms with Crippen molar-refractivity contribution in [1.29, 1.82) is 0 Å². The van der Waals surface area contributed by atoms with Crippen molar-refractivity contribution in [2.45, 2.75) is 78.6 Å². The maximum Gasteiger partial charge on any atom is 0.306 e. The molecular formula is C27H38O5Si. The SMILES string of the molecule is C[C@@H]1C[C@H]2[C@@H]3CCC4=CC(=O)C=C[C@]4(C)C3=CC[C@]2(C)C1=C(O[Si](C)(C)C)C(O)CC(=O)O. The third-order valence-corrected chi connectivity index (χ3v) is 9.24. The molecule has 0 aliphatic heterocycles. The van der Waals surface area contributed by atoms with Gasteiger partial charge in [0, 0.05) is 5.41 Å². The minimum absolute atomic E-state index is 0.0856. The van der Waals surface area contributed by atoms with Crippen LogP contribution in [0.15, 0.2) is 46.8 Å². The summed E-state index contributed by atoms with van der Waals surface area (Å²) in [7, 11) is -2.07. The molecule has 0 spiro atoms. The van der Waals surface area contributed by atoms with Gasteiger partial charge in [-0.05, 0) is 93.1 Å². The number of rotatable bonds is 5. The Labute approximate surface area is 198 Å². The second-order valence-electron chi connectivity index (χ2n) is 11.9. The molecule has 180 valence electrons. The highest BCUT2D eigenvalue weighted by Gasteiger charge is 2.57. The Morgan fingerprint density at radius 2 is 2.00 bits per heavy atom. The summed E-state index contributed by atoms with van der Waals surface area (Å²) in [6.07, 6.45) is 10.3. The first-order valence-corrected chi connectivity index (χ1v) is 15.7. The van der Waals surface area contributed by atoms with Gasteiger partial charge >= 0.3 is 5.97 Å². The van der Waals surface area contributed by atoms with Gasteiger partial charge in [-0.25, -0.2) is 0 Å². The zero-order valence-corrected chi connectivity index (χ0v) is 21.8. The van der Waals surface area contributed by atoms with Crippen LogP contribution in [-0.2, 0) is 14.0 Å². The minimum Gasteiger partial charge on any atom is -0.545 e. The van der Waals surface area contributed by atoms with Crippen LogP contribution in [0.3, 0.4) is 0 Å². The summed E-state index contributed by atoms with van der Waals surface area (Å²) in [5.74, 6) is 0.628. The molecule has 0 amide bonds. The van der Waals surface area contributed by atoms with Gasteiger partial charge in [0.05, 0.1) is 6.42 Å². The highest BCUT2D eigenvalue weighted by Crippen LogP contribution is 2.65. The number of carbonyl (C=O) groups is 2. The Morgan fingerprint density at radius 3 is 2.64 bits per heavy atom. The molecule has 0 bridgehead atoms. The molecule has 4 aliphatic carbocycles. The van der Waals surface area contributed by atoms with Gasteiger partial charge in [0.2, 0.25) is 8.32 Å². The van der Waals surface area contributed by atoms with Crippen molar-refractivity contribution >= 4 is 20.1 Å². The van der Waals surface area contributed by atoms with E-state index in [1.807, 2.05) is 6.08 Å². The number of carbonyl (C=O) groups excluding carboxylic acids is 1. The fourth-order valence-corrected chi connectivity index (χ4v) is 8.01. The molecule has 4 rings (SSSR count). The summed E-state index contributed by atoms with van der Waals surface area (Å²) in [6, 6.07) is 0. The van der Waals surface area contributed by atoms with E-state index in [0.29, 0.717) is 17.6 Å². The second kappa shape index (κ2) is 8.09. The molecule has 2 N–H and O–H groups in total. The predicted molar refractivity (Wildman–Crippen MR) is 131 cm³/mol. The van der Waals surface area contributed by atoms with Crippen molar-refractivity contribution in [3.05, 3.63) is 46.8 Å². The average molecular weight is 471 g/mol. The molecule has 0 aromatic carbocycles. The molecule has 0 aromatic heterocycles. The van der Waals surface area contributed by atoms with Crippen molar-refractivity contribution in [2.75, 3.05) is 0 Å². The zero-order chi connectivity index (χ0) is 24.3. The molecule has 0 aromatic rings. The van der Waals surface area contributed by atoms with E-state index in [9.17, 15) is 19.8 Å². The van der Waals surface area contributed by atoms with Gasteiger partial charge in [0.25, 0.3) is 0 Å². The topological polar surface area (TPSA) is 83.8 Å². The lowest BCUT2D eigenvalue weighted by Gasteiger charge is -2.51. The lowest BCUT2D eigenvalue weighted by Crippen LogP contribution is -2.43. The normalized spacial score (nSPS) is 37.9. The van der Waals surface area contributed by atoms with E-state index in [1.54, 1.807) is 6.08 Å². The van der Waals surface area contributed by atoms with Crippen molar-refractivity contribution < 1.29 is 24.2 Å². The van der Waals surface area contributed by atoms with Crippen LogP contribution in [0.2, 0.25) is 19.6 Å². The molecular weight excluding hydrogens is 432 g/mol. The van der Waals surface area contributed by atoms with Gasteiger partial charge in [-0.3, -0.25) is 9.59 Å². The first-order chi connectivity index (χ1) is 15.3. The van der Waals surface area contributed by atoms with Crippen molar-refractivity contribution in [1.82, 2.24) is 0 Å². The van der Waals surface area contributed by atoms with Crippen LogP contribution >= 0.6 is 0 Å². The van der Waals surface area contributed by atoms with Crippen LogP contribution in [0, 0.1) is 28.6 Å². The summed E-state index contributed by atoms with van der Waals surface area (Å²) < 4.78 is 6.45. The zero-order valence-electron chi connectivity index (χ0n) is 20.8. The van der Waals surface area contributed by atoms with Crippen LogP contribution in [0.25, 0.3) is 0 Å². The Balaban J connectivity index is 1.80. The summed E-state index contributed by atoms with van der Waals surface area (Å²) >= 11 is 0. The van der Waals surface area contributed by atoms with Crippen LogP contribution in [-0.4, -0.2) is 36.4 Å². The number of hydrogen-bond donors (Lipinski definition) is 2. The molecule has 5 nitrogen and oxygen atoms in total. The third-order valence-electron chi connectivity index (χ3n) is 8.41. The van der Waals surface area contributed by atoms with E-state index in [1.165, 1.54) is 11.1 Å². The Kier molecular flexibility index (Phi) is 5.93. The minimum atomic E-state index is -2.07. The van der Waals surface area contributed by atoms with E-state index in [4.69, 9.17) is 4.43 Å². The van der Waals surface area contributed by atoms with E-state index in [2.05, 4.69) is 52.6 Å². The monoisotopic (exact) mass is 470 g/mol. The number of hydrogen-bond acceptors (Lipinski definition) is 4. The molecule has 33 heavy (non-hydrogen) atoms. The van der Waals surface area contributed by atoms with Gasteiger partial charge in [-0.2, -0.15) is 0 Å². The molecule has 2 saturated carbocycles. The van der Waals surface area contributed by atoms with Crippen molar-refractivity contribution in [2.24, 2.45) is 28.6 Å². The van der Waals surface area contributed by atoms with Crippen LogP contribution in [0.1, 0.15) is 52.9 Å². The Bertz CT molecular complexity index is 996. The molecule has 6 atom stereocenters. The van der Waals surface area contributed by atoms with E-state index in [-0.39, 0.29) is 29.0 Å². The number of carboxylic acid groups (broad SMARTS) is 1. The van der Waals surface area contributed by atoms with E-state index in [0.717, 1.165) is 31.3 Å². The maximum atomic E-state index is 12.0. The molecule has 6 heteroatoms. The van der Waals surface area contributed by atoms with Gasteiger partial charge in [-0.1, -0.05) is 37.1 Å². The lowest BCUT2D eigenvalue weighted by molar-refractivity contribution is -0.139. The smallest absolute Gasteiger partial charge is 0.306 e. The van der Waals surface area contributed by atoms with Gasteiger partial charge in [0.1, 0.15) is 11.9 Å². The molecule has 2 fully saturated rings. The summed E-state index contributed by atoms with van der Waals surface area (Å²) in [5.41, 5.74) is 3.42. The fraction of sp³-hybridized carbons (Fsp3) is 0.630. The summed E-state index contributed by atoms with van der Waals surface area (Å²) in [5, 5.41) is 20.3. The Hall–Kier alpha value is -1.92. The first kappa shape index (κ1) is 24.2. The van der Waals surface area contributed by atoms with E-state index < -0.39 is 20.4 Å². The standard InChI is InChI=1S/C27H38O5Si/c1-16-13-21-19-8-7-17-14-18(28)9-11-26(17,2)20(19)10-12-27(21,3)24(16)25(32-33(4,5)6)22(29)15-23(30)31/h9-11,14,16,19,21-22,29H,7-8,12-13,15H2,1-6H3,(H,30,31)/t16-,19-,21+,22?,26+,27+/m1/s1. The average Bonchev–Trinajstić information content (AvgIpc) is 2.95. The summed E-state index contributed by atoms with van der Waals surface area (Å²) in [6.45, 7) is 13.0. The second-order valence-corrected chi connectivity index (χ2v) is 16.3. The molecule has 0 heterocycles. The number of aliphatic hydroxyl groups is 1. The quantitative estimate of drug-likeness (QED) is 0.319. The molecule has 0 radical (unpaired) electrons. The van der Waals surface area contributed by atoms with Crippen LogP contribution < -0.4 is 0 Å². The molecule has 1 unspecified atom stereocenters. The van der Waals surface area contributed by atoms with Gasteiger partial charge < -0.3 is 14.6 Å². The fourth-order valence-electron chi connectivity index (χ4n) is 7.10. The number of aliphatic carboxylic acids is 1.